The largest absolute Gasteiger partial charge is 0.495 e. The van der Waals surface area contributed by atoms with Crippen molar-refractivity contribution in [2.24, 2.45) is 0 Å². The smallest absolute Gasteiger partial charge is 0.256 e. The molecule has 0 spiro atoms. The van der Waals surface area contributed by atoms with Gasteiger partial charge in [-0.2, -0.15) is 0 Å². The second kappa shape index (κ2) is 12.8. The van der Waals surface area contributed by atoms with Crippen molar-refractivity contribution in [3.63, 3.8) is 0 Å². The predicted molar refractivity (Wildman–Crippen MR) is 102 cm³/mol. The van der Waals surface area contributed by atoms with Gasteiger partial charge >= 0.3 is 0 Å². The molecule has 1 saturated heterocycles. The Balaban J connectivity index is 2.31. The summed E-state index contributed by atoms with van der Waals surface area (Å²) < 4.78 is 22.5. The van der Waals surface area contributed by atoms with Gasteiger partial charge in [0.15, 0.2) is 0 Å². The second-order valence-electron chi connectivity index (χ2n) is 6.17. The molecule has 1 rings (SSSR count). The monoisotopic (exact) mass is 403 g/mol. The Morgan fingerprint density at radius 2 is 2.19 bits per heavy atom. The topological polar surface area (TPSA) is 98.4 Å². The predicted octanol–water partition coefficient (Wildman–Crippen LogP) is 1.63. The van der Waals surface area contributed by atoms with Gasteiger partial charge in [0.25, 0.3) is 14.4 Å². The Hall–Kier alpha value is -1.51. The van der Waals surface area contributed by atoms with E-state index in [-0.39, 0.29) is 18.4 Å². The van der Waals surface area contributed by atoms with Crippen LogP contribution in [0.1, 0.15) is 26.7 Å². The Morgan fingerprint density at radius 3 is 2.81 bits per heavy atom. The molecule has 27 heavy (non-hydrogen) atoms. The van der Waals surface area contributed by atoms with Crippen molar-refractivity contribution >= 4 is 20.8 Å². The molecular weight excluding hydrogens is 373 g/mol. The number of hydrogen-bond acceptors (Lipinski definition) is 8. The molecule has 2 amide bonds. The van der Waals surface area contributed by atoms with E-state index in [1.165, 1.54) is 6.08 Å². The third-order valence-electron chi connectivity index (χ3n) is 3.55. The average molecular weight is 403 g/mol. The molecule has 1 aliphatic heterocycles. The van der Waals surface area contributed by atoms with Gasteiger partial charge < -0.3 is 23.4 Å². The van der Waals surface area contributed by atoms with E-state index < -0.39 is 14.4 Å². The molecule has 1 aliphatic rings. The van der Waals surface area contributed by atoms with Crippen LogP contribution in [0.4, 0.5) is 0 Å². The molecule has 2 N–H and O–H groups in total. The molecule has 0 aliphatic carbocycles. The van der Waals surface area contributed by atoms with E-state index in [1.54, 1.807) is 18.2 Å². The van der Waals surface area contributed by atoms with Gasteiger partial charge in [-0.25, -0.2) is 5.09 Å². The van der Waals surface area contributed by atoms with Gasteiger partial charge in [0.05, 0.1) is 25.4 Å². The molecule has 0 radical (unpaired) electrons. The van der Waals surface area contributed by atoms with Crippen molar-refractivity contribution < 1.29 is 28.1 Å². The number of imide groups is 1. The van der Waals surface area contributed by atoms with E-state index in [1.807, 2.05) is 26.2 Å². The third-order valence-corrected chi connectivity index (χ3v) is 4.68. The van der Waals surface area contributed by atoms with Crippen molar-refractivity contribution in [2.45, 2.75) is 45.1 Å². The van der Waals surface area contributed by atoms with Gasteiger partial charge in [-0.1, -0.05) is 6.58 Å². The lowest BCUT2D eigenvalue weighted by atomic mass is 10.2. The van der Waals surface area contributed by atoms with E-state index in [0.717, 1.165) is 12.8 Å². The second-order valence-corrected chi connectivity index (χ2v) is 7.63. The molecule has 154 valence electrons. The number of carbonyl (C=O) groups excluding carboxylic acids is 2. The summed E-state index contributed by atoms with van der Waals surface area (Å²) in [6.45, 7) is 8.56. The number of amides is 2. The molecule has 0 saturated carbocycles. The molecule has 2 unspecified atom stereocenters. The molecule has 0 aromatic heterocycles. The van der Waals surface area contributed by atoms with Crippen LogP contribution in [0.25, 0.3) is 0 Å². The summed E-state index contributed by atoms with van der Waals surface area (Å²) in [5.74, 6) is 0.150. The standard InChI is InChI=1S/C17H30N3O6P/c1-13(2)25-14(3)10-19-27(23-5)24-11-15-6-7-17(26-15)20(4)9-8-16(22)18-12-21/h8-9,12-13,15,17,19H,3,6-7,10-11H2,1-2,4-5H3,(H,18,21,22)/b9-8-/t15?,17?,27-/m0/s1. The summed E-state index contributed by atoms with van der Waals surface area (Å²) in [6.07, 6.45) is 4.71. The van der Waals surface area contributed by atoms with Gasteiger partial charge in [0, 0.05) is 26.4 Å². The highest BCUT2D eigenvalue weighted by atomic mass is 31.2. The summed E-state index contributed by atoms with van der Waals surface area (Å²) in [6, 6.07) is 0. The maximum Gasteiger partial charge on any atom is 0.256 e. The molecule has 1 heterocycles. The number of rotatable bonds is 13. The Morgan fingerprint density at radius 1 is 1.44 bits per heavy atom. The van der Waals surface area contributed by atoms with Crippen LogP contribution in [0.3, 0.4) is 0 Å². The zero-order valence-corrected chi connectivity index (χ0v) is 17.2. The van der Waals surface area contributed by atoms with Crippen LogP contribution >= 0.6 is 8.53 Å². The maximum atomic E-state index is 11.3. The normalized spacial score (nSPS) is 20.6. The molecular formula is C17H30N3O6P. The lowest BCUT2D eigenvalue weighted by Gasteiger charge is -2.23. The van der Waals surface area contributed by atoms with Crippen molar-refractivity contribution in [3.05, 3.63) is 24.6 Å². The lowest BCUT2D eigenvalue weighted by molar-refractivity contribution is -0.121. The van der Waals surface area contributed by atoms with Crippen molar-refractivity contribution in [1.82, 2.24) is 15.3 Å². The first-order valence-corrected chi connectivity index (χ1v) is 9.88. The molecule has 1 fully saturated rings. The van der Waals surface area contributed by atoms with E-state index in [2.05, 4.69) is 11.7 Å². The zero-order chi connectivity index (χ0) is 20.2. The third kappa shape index (κ3) is 9.83. The fourth-order valence-electron chi connectivity index (χ4n) is 2.34. The van der Waals surface area contributed by atoms with Crippen LogP contribution in [0, 0.1) is 0 Å². The first-order chi connectivity index (χ1) is 12.8. The van der Waals surface area contributed by atoms with Crippen molar-refractivity contribution in [3.8, 4) is 0 Å². The molecule has 10 heteroatoms. The maximum absolute atomic E-state index is 11.3. The fraction of sp³-hybridized carbons (Fsp3) is 0.647. The van der Waals surface area contributed by atoms with E-state index in [4.69, 9.17) is 18.5 Å². The Labute approximate surface area is 162 Å². The fourth-order valence-corrected chi connectivity index (χ4v) is 3.27. The molecule has 0 aromatic rings. The van der Waals surface area contributed by atoms with Crippen LogP contribution in [0.15, 0.2) is 24.6 Å². The van der Waals surface area contributed by atoms with E-state index >= 15 is 0 Å². The summed E-state index contributed by atoms with van der Waals surface area (Å²) in [4.78, 5) is 23.2. The van der Waals surface area contributed by atoms with Gasteiger partial charge in [-0.15, -0.1) is 0 Å². The first kappa shape index (κ1) is 23.5. The number of ether oxygens (including phenoxy) is 2. The van der Waals surface area contributed by atoms with Crippen LogP contribution in [0.5, 0.6) is 0 Å². The van der Waals surface area contributed by atoms with E-state index in [9.17, 15) is 9.59 Å². The van der Waals surface area contributed by atoms with Crippen LogP contribution < -0.4 is 10.4 Å². The highest BCUT2D eigenvalue weighted by Gasteiger charge is 2.28. The molecule has 0 bridgehead atoms. The summed E-state index contributed by atoms with van der Waals surface area (Å²) in [5, 5.41) is 5.16. The average Bonchev–Trinajstić information content (AvgIpc) is 3.08. The number of nitrogens with zero attached hydrogens (tertiary/aromatic N) is 1. The van der Waals surface area contributed by atoms with Gasteiger partial charge in [-0.05, 0) is 26.7 Å². The highest BCUT2D eigenvalue weighted by molar-refractivity contribution is 7.44. The minimum atomic E-state index is -1.27. The van der Waals surface area contributed by atoms with Crippen LogP contribution in [-0.2, 0) is 28.1 Å². The number of carbonyl (C=O) groups is 2. The SMILES string of the molecule is C=C(CN[P@@](OC)OCC1CCC(N(C)/C=C\C(=O)NC=O)O1)OC(C)C. The summed E-state index contributed by atoms with van der Waals surface area (Å²) >= 11 is 0. The van der Waals surface area contributed by atoms with Gasteiger partial charge in [0.1, 0.15) is 12.0 Å². The van der Waals surface area contributed by atoms with Crippen LogP contribution in [-0.4, -0.2) is 63.0 Å². The number of nitrogens with one attached hydrogen (secondary N) is 2. The number of hydrogen-bond donors (Lipinski definition) is 2. The highest BCUT2D eigenvalue weighted by Crippen LogP contribution is 2.34. The summed E-state index contributed by atoms with van der Waals surface area (Å²) in [7, 11) is 2.12. The molecule has 3 atom stereocenters. The van der Waals surface area contributed by atoms with Gasteiger partial charge in [-0.3, -0.25) is 14.9 Å². The lowest BCUT2D eigenvalue weighted by Crippen LogP contribution is -2.29. The Bertz CT molecular complexity index is 517. The quantitative estimate of drug-likeness (QED) is 0.207. The molecule has 0 aromatic carbocycles. The first-order valence-electron chi connectivity index (χ1n) is 8.70. The van der Waals surface area contributed by atoms with Crippen molar-refractivity contribution in [2.75, 3.05) is 27.3 Å². The zero-order valence-electron chi connectivity index (χ0n) is 16.3. The van der Waals surface area contributed by atoms with E-state index in [0.29, 0.717) is 25.3 Å². The van der Waals surface area contributed by atoms with Crippen molar-refractivity contribution in [1.29, 1.82) is 0 Å². The van der Waals surface area contributed by atoms with Crippen LogP contribution in [0.2, 0.25) is 0 Å². The van der Waals surface area contributed by atoms with Gasteiger partial charge in [0.2, 0.25) is 6.41 Å². The minimum Gasteiger partial charge on any atom is -0.495 e. The minimum absolute atomic E-state index is 0.0632. The molecule has 9 nitrogen and oxygen atoms in total. The Kier molecular flexibility index (Phi) is 11.2. The summed E-state index contributed by atoms with van der Waals surface area (Å²) in [5.41, 5.74) is 0.